The lowest BCUT2D eigenvalue weighted by Gasteiger charge is -2.31. The number of aromatic nitrogens is 2. The summed E-state index contributed by atoms with van der Waals surface area (Å²) in [5.41, 5.74) is 3.20. The summed E-state index contributed by atoms with van der Waals surface area (Å²) < 4.78 is 6.81. The number of amides is 6. The van der Waals surface area contributed by atoms with Gasteiger partial charge in [-0.1, -0.05) is 38.2 Å². The van der Waals surface area contributed by atoms with E-state index in [2.05, 4.69) is 51.6 Å². The zero-order chi connectivity index (χ0) is 39.3. The number of thioether (sulfide) groups is 1. The van der Waals surface area contributed by atoms with Gasteiger partial charge < -0.3 is 14.6 Å². The van der Waals surface area contributed by atoms with Crippen LogP contribution in [0.25, 0.3) is 0 Å². The first-order chi connectivity index (χ1) is 26.8. The Bertz CT molecular complexity index is 2340. The minimum absolute atomic E-state index is 0.0350. The summed E-state index contributed by atoms with van der Waals surface area (Å²) in [4.78, 5) is 89.0. The van der Waals surface area contributed by atoms with E-state index in [1.54, 1.807) is 47.3 Å². The van der Waals surface area contributed by atoms with E-state index in [4.69, 9.17) is 4.42 Å². The molecule has 6 heterocycles. The molecule has 6 amide bonds. The van der Waals surface area contributed by atoms with Crippen molar-refractivity contribution in [3.05, 3.63) is 82.2 Å². The second-order valence-electron chi connectivity index (χ2n) is 15.2. The van der Waals surface area contributed by atoms with Crippen LogP contribution in [-0.4, -0.2) is 74.3 Å². The first-order valence-corrected chi connectivity index (χ1v) is 20.2. The van der Waals surface area contributed by atoms with Gasteiger partial charge in [0.2, 0.25) is 23.6 Å². The van der Waals surface area contributed by atoms with E-state index in [0.717, 1.165) is 26.0 Å². The van der Waals surface area contributed by atoms with Gasteiger partial charge >= 0.3 is 0 Å². The van der Waals surface area contributed by atoms with Gasteiger partial charge in [-0.25, -0.2) is 9.97 Å². The van der Waals surface area contributed by atoms with Crippen molar-refractivity contribution in [3.8, 4) is 0 Å². The van der Waals surface area contributed by atoms with Crippen LogP contribution in [0.3, 0.4) is 0 Å². The van der Waals surface area contributed by atoms with Gasteiger partial charge in [0.1, 0.15) is 11.8 Å². The van der Waals surface area contributed by atoms with Crippen molar-refractivity contribution in [2.45, 2.75) is 80.7 Å². The monoisotopic (exact) mass is 794 g/mol. The number of carbonyl (C=O) groups is 6. The molecule has 288 valence electrons. The van der Waals surface area contributed by atoms with Crippen LogP contribution >= 0.6 is 23.1 Å². The molecule has 2 aromatic carbocycles. The molecule has 2 saturated heterocycles. The van der Waals surface area contributed by atoms with Crippen molar-refractivity contribution in [2.24, 2.45) is 16.1 Å². The fraction of sp³-hybridized carbons (Fsp3) is 0.385. The minimum atomic E-state index is -1.06. The van der Waals surface area contributed by atoms with Gasteiger partial charge in [-0.2, -0.15) is 10.2 Å². The molecule has 0 aliphatic carbocycles. The summed E-state index contributed by atoms with van der Waals surface area (Å²) in [6, 6.07) is 7.43. The number of hydrogen-bond donors (Lipinski definition) is 2. The number of imide groups is 2. The number of piperidine rings is 2. The first kappa shape index (κ1) is 37.4. The molecule has 1 atom stereocenters. The highest BCUT2D eigenvalue weighted by atomic mass is 32.2. The Morgan fingerprint density at radius 2 is 1.62 bits per heavy atom. The lowest BCUT2D eigenvalue weighted by Crippen LogP contribution is -2.54. The maximum atomic E-state index is 13.6. The van der Waals surface area contributed by atoms with Gasteiger partial charge in [0.05, 0.1) is 44.9 Å². The Balaban J connectivity index is 0.871. The lowest BCUT2D eigenvalue weighted by molar-refractivity contribution is -0.136. The molecule has 4 aliphatic rings. The molecule has 0 spiro atoms. The predicted octanol–water partition coefficient (Wildman–Crippen LogP) is 6.13. The molecule has 8 rings (SSSR count). The SMILES string of the molecule is CC(C)(C)c1cnc(CSc2cnc(NC(=O)C3CCN(C(=O)c4ccc5c(c4)N=Nc4cc6c(cc4CC5)C(=O)N(C4CCC(=O)NC4=O)C6=O)CC3)s2)o1. The molecule has 15 nitrogen and oxygen atoms in total. The number of thiazole rings is 1. The van der Waals surface area contributed by atoms with Crippen molar-refractivity contribution in [3.63, 3.8) is 0 Å². The highest BCUT2D eigenvalue weighted by Crippen LogP contribution is 2.37. The van der Waals surface area contributed by atoms with E-state index in [1.165, 1.54) is 17.4 Å². The van der Waals surface area contributed by atoms with Crippen molar-refractivity contribution in [1.29, 1.82) is 0 Å². The number of benzene rings is 2. The summed E-state index contributed by atoms with van der Waals surface area (Å²) in [7, 11) is 0. The molecule has 2 fully saturated rings. The van der Waals surface area contributed by atoms with Crippen molar-refractivity contribution in [1.82, 2.24) is 25.1 Å². The average Bonchev–Trinajstić information content (AvgIpc) is 3.90. The van der Waals surface area contributed by atoms with Crippen LogP contribution in [0.4, 0.5) is 16.5 Å². The molecule has 2 aromatic heterocycles. The van der Waals surface area contributed by atoms with Gasteiger partial charge in [-0.3, -0.25) is 39.0 Å². The van der Waals surface area contributed by atoms with E-state index in [-0.39, 0.29) is 47.1 Å². The van der Waals surface area contributed by atoms with Gasteiger partial charge in [0.15, 0.2) is 5.13 Å². The zero-order valence-corrected chi connectivity index (χ0v) is 32.6. The highest BCUT2D eigenvalue weighted by Gasteiger charge is 2.45. The normalized spacial score (nSPS) is 18.6. The van der Waals surface area contributed by atoms with Gasteiger partial charge in [-0.15, -0.1) is 11.8 Å². The number of rotatable bonds is 7. The van der Waals surface area contributed by atoms with Crippen molar-refractivity contribution < 1.29 is 33.2 Å². The highest BCUT2D eigenvalue weighted by molar-refractivity contribution is 8.00. The summed E-state index contributed by atoms with van der Waals surface area (Å²) in [6.07, 6.45) is 5.67. The van der Waals surface area contributed by atoms with Gasteiger partial charge in [-0.05, 0) is 67.5 Å². The molecule has 0 radical (unpaired) electrons. The van der Waals surface area contributed by atoms with Crippen LogP contribution in [0, 0.1) is 5.92 Å². The lowest BCUT2D eigenvalue weighted by atomic mass is 9.94. The Morgan fingerprint density at radius 1 is 0.911 bits per heavy atom. The van der Waals surface area contributed by atoms with E-state index in [9.17, 15) is 28.8 Å². The van der Waals surface area contributed by atoms with Crippen molar-refractivity contribution >= 4 is 75.0 Å². The third-order valence-corrected chi connectivity index (χ3v) is 12.5. The van der Waals surface area contributed by atoms with Crippen LogP contribution < -0.4 is 10.6 Å². The Morgan fingerprint density at radius 3 is 2.34 bits per heavy atom. The van der Waals surface area contributed by atoms with Gasteiger partial charge in [0, 0.05) is 36.4 Å². The quantitative estimate of drug-likeness (QED) is 0.162. The van der Waals surface area contributed by atoms with Crippen LogP contribution in [0.1, 0.15) is 100 Å². The number of anilines is 1. The molecular weight excluding hydrogens is 757 g/mol. The van der Waals surface area contributed by atoms with Crippen molar-refractivity contribution in [2.75, 3.05) is 18.4 Å². The molecule has 56 heavy (non-hydrogen) atoms. The summed E-state index contributed by atoms with van der Waals surface area (Å²) >= 11 is 2.94. The first-order valence-electron chi connectivity index (χ1n) is 18.4. The zero-order valence-electron chi connectivity index (χ0n) is 30.9. The number of azo groups is 1. The maximum absolute atomic E-state index is 13.6. The molecule has 2 N–H and O–H groups in total. The van der Waals surface area contributed by atoms with E-state index >= 15 is 0 Å². The fourth-order valence-electron chi connectivity index (χ4n) is 7.20. The molecule has 0 saturated carbocycles. The molecule has 4 aromatic rings. The third kappa shape index (κ3) is 7.40. The fourth-order valence-corrected chi connectivity index (χ4v) is 8.93. The predicted molar refractivity (Wildman–Crippen MR) is 205 cm³/mol. The summed E-state index contributed by atoms with van der Waals surface area (Å²) in [5.74, 6) is -0.812. The topological polar surface area (TPSA) is 197 Å². The van der Waals surface area contributed by atoms with E-state index in [0.29, 0.717) is 72.5 Å². The van der Waals surface area contributed by atoms with Crippen LogP contribution in [0.5, 0.6) is 0 Å². The number of aryl methyl sites for hydroxylation is 2. The number of nitrogens with zero attached hydrogens (tertiary/aromatic N) is 6. The Labute approximate surface area is 329 Å². The largest absolute Gasteiger partial charge is 0.444 e. The molecule has 1 unspecified atom stereocenters. The molecule has 17 heteroatoms. The standard InChI is InChI=1S/C39H38N8O7S2/c1-39(2,3)29-17-40-31(54-29)19-55-32-18-41-38(56-32)43-33(49)21-10-12-46(13-11-21)35(51)23-7-5-20-4-6-22-14-24-25(16-27(22)45-44-26(20)15-23)37(53)47(36(24)52)28-8-9-30(48)42-34(28)50/h5,7,14-18,21,28H,4,6,8-13,19H2,1-3H3,(H,41,43,49)(H,42,48,50). The minimum Gasteiger partial charge on any atom is -0.444 e. The van der Waals surface area contributed by atoms with E-state index < -0.39 is 29.7 Å². The number of nitrogens with one attached hydrogen (secondary N) is 2. The molecular formula is C39H38N8O7S2. The van der Waals surface area contributed by atoms with Crippen LogP contribution in [-0.2, 0) is 38.4 Å². The van der Waals surface area contributed by atoms with Crippen LogP contribution in [0.2, 0.25) is 0 Å². The number of oxazole rings is 1. The summed E-state index contributed by atoms with van der Waals surface area (Å²) in [5, 5.41) is 14.6. The Hall–Kier alpha value is -5.55. The Kier molecular flexibility index (Phi) is 9.90. The van der Waals surface area contributed by atoms with Gasteiger partial charge in [0.25, 0.3) is 17.7 Å². The van der Waals surface area contributed by atoms with Crippen LogP contribution in [0.15, 0.2) is 61.6 Å². The molecule has 4 aliphatic heterocycles. The number of likely N-dealkylation sites (tertiary alicyclic amines) is 1. The average molecular weight is 795 g/mol. The second kappa shape index (κ2) is 14.8. The molecule has 0 bridgehead atoms. The number of carbonyl (C=O) groups excluding carboxylic acids is 6. The number of fused-ring (bicyclic) bond motifs is 3. The summed E-state index contributed by atoms with van der Waals surface area (Å²) in [6.45, 7) is 7.05. The third-order valence-electron chi connectivity index (χ3n) is 10.4. The second-order valence-corrected chi connectivity index (χ2v) is 17.5. The van der Waals surface area contributed by atoms with E-state index in [1.807, 2.05) is 6.07 Å². The number of hydrogen-bond acceptors (Lipinski definition) is 13. The maximum Gasteiger partial charge on any atom is 0.262 e. The smallest absolute Gasteiger partial charge is 0.262 e.